The summed E-state index contributed by atoms with van der Waals surface area (Å²) in [6.45, 7) is 3.44. The minimum atomic E-state index is 0.192. The van der Waals surface area contributed by atoms with Crippen LogP contribution in [0.2, 0.25) is 0 Å². The van der Waals surface area contributed by atoms with Gasteiger partial charge in [0.2, 0.25) is 5.91 Å². The molecule has 0 aromatic heterocycles. The second-order valence-corrected chi connectivity index (χ2v) is 5.73. The predicted octanol–water partition coefficient (Wildman–Crippen LogP) is 1.35. The average Bonchev–Trinajstić information content (AvgIpc) is 2.59. The Hall–Kier alpha value is -1.59. The van der Waals surface area contributed by atoms with Crippen molar-refractivity contribution in [1.29, 1.82) is 0 Å². The number of hydrogen-bond acceptors (Lipinski definition) is 4. The van der Waals surface area contributed by atoms with Crippen molar-refractivity contribution < 1.29 is 9.53 Å². The normalized spacial score (nSPS) is 15.8. The molecule has 1 N–H and O–H groups in total. The molecule has 1 aliphatic rings. The van der Waals surface area contributed by atoms with Gasteiger partial charge < -0.3 is 19.9 Å². The number of likely N-dealkylation sites (tertiary alicyclic amines) is 1. The number of rotatable bonds is 7. The molecule has 122 valence electrons. The first-order valence-electron chi connectivity index (χ1n) is 7.97. The summed E-state index contributed by atoms with van der Waals surface area (Å²) < 4.78 is 4.96. The first kappa shape index (κ1) is 16.8. The fourth-order valence-electron chi connectivity index (χ4n) is 2.86. The van der Waals surface area contributed by atoms with Crippen LogP contribution in [0.5, 0.6) is 0 Å². The fraction of sp³-hybridized carbons (Fsp3) is 0.588. The highest BCUT2D eigenvalue weighted by Gasteiger charge is 2.25. The molecule has 5 nitrogen and oxygen atoms in total. The van der Waals surface area contributed by atoms with Crippen molar-refractivity contribution in [2.45, 2.75) is 18.9 Å². The fourth-order valence-corrected chi connectivity index (χ4v) is 2.86. The van der Waals surface area contributed by atoms with E-state index in [1.54, 1.807) is 7.11 Å². The molecule has 1 heterocycles. The van der Waals surface area contributed by atoms with Crippen LogP contribution in [0, 0.1) is 0 Å². The van der Waals surface area contributed by atoms with E-state index >= 15 is 0 Å². The highest BCUT2D eigenvalue weighted by atomic mass is 16.5. The largest absolute Gasteiger partial charge is 0.383 e. The zero-order chi connectivity index (χ0) is 15.8. The SMILES string of the molecule is COCCNCC(=O)N1CCC(N(C)c2ccccc2)CC1. The summed E-state index contributed by atoms with van der Waals surface area (Å²) in [5.74, 6) is 0.192. The minimum Gasteiger partial charge on any atom is -0.383 e. The van der Waals surface area contributed by atoms with Crippen LogP contribution in [0.25, 0.3) is 0 Å². The van der Waals surface area contributed by atoms with Crippen LogP contribution in [0.4, 0.5) is 5.69 Å². The second-order valence-electron chi connectivity index (χ2n) is 5.73. The summed E-state index contributed by atoms with van der Waals surface area (Å²) in [7, 11) is 3.81. The molecule has 0 saturated carbocycles. The van der Waals surface area contributed by atoms with E-state index in [9.17, 15) is 4.79 Å². The maximum absolute atomic E-state index is 12.1. The van der Waals surface area contributed by atoms with Gasteiger partial charge in [-0.2, -0.15) is 0 Å². The third-order valence-electron chi connectivity index (χ3n) is 4.29. The summed E-state index contributed by atoms with van der Waals surface area (Å²) in [5.41, 5.74) is 1.24. The average molecular weight is 305 g/mol. The number of carbonyl (C=O) groups excluding carboxylic acids is 1. The number of para-hydroxylation sites is 1. The number of carbonyl (C=O) groups is 1. The van der Waals surface area contributed by atoms with Crippen LogP contribution in [0.1, 0.15) is 12.8 Å². The number of methoxy groups -OCH3 is 1. The number of amides is 1. The summed E-state index contributed by atoms with van der Waals surface area (Å²) >= 11 is 0. The Morgan fingerprint density at radius 2 is 2.00 bits per heavy atom. The van der Waals surface area contributed by atoms with Crippen LogP contribution < -0.4 is 10.2 Å². The first-order chi connectivity index (χ1) is 10.7. The maximum atomic E-state index is 12.1. The van der Waals surface area contributed by atoms with Gasteiger partial charge in [0.25, 0.3) is 0 Å². The van der Waals surface area contributed by atoms with E-state index in [0.717, 1.165) is 32.5 Å². The highest BCUT2D eigenvalue weighted by molar-refractivity contribution is 5.78. The molecule has 5 heteroatoms. The lowest BCUT2D eigenvalue weighted by Gasteiger charge is -2.38. The molecule has 22 heavy (non-hydrogen) atoms. The zero-order valence-electron chi connectivity index (χ0n) is 13.6. The standard InChI is InChI=1S/C17H27N3O2/c1-19(15-6-4-3-5-7-15)16-8-11-20(12-9-16)17(21)14-18-10-13-22-2/h3-7,16,18H,8-14H2,1-2H3. The Kier molecular flexibility index (Phi) is 6.68. The van der Waals surface area contributed by atoms with Crippen LogP contribution in [-0.4, -0.2) is 63.8 Å². The molecule has 2 rings (SSSR count). The second kappa shape index (κ2) is 8.76. The summed E-state index contributed by atoms with van der Waals surface area (Å²) in [6, 6.07) is 10.9. The Morgan fingerprint density at radius 1 is 1.32 bits per heavy atom. The lowest BCUT2D eigenvalue weighted by Crippen LogP contribution is -2.48. The summed E-state index contributed by atoms with van der Waals surface area (Å²) in [4.78, 5) is 16.4. The third kappa shape index (κ3) is 4.71. The molecule has 1 amide bonds. The molecule has 0 atom stereocenters. The quantitative estimate of drug-likeness (QED) is 0.773. The van der Waals surface area contributed by atoms with Gasteiger partial charge in [-0.05, 0) is 25.0 Å². The van der Waals surface area contributed by atoms with E-state index < -0.39 is 0 Å². The molecule has 1 aromatic carbocycles. The summed E-state index contributed by atoms with van der Waals surface area (Å²) in [5, 5.41) is 3.12. The minimum absolute atomic E-state index is 0.192. The van der Waals surface area contributed by atoms with Crippen LogP contribution in [0.3, 0.4) is 0 Å². The monoisotopic (exact) mass is 305 g/mol. The number of piperidine rings is 1. The highest BCUT2D eigenvalue weighted by Crippen LogP contribution is 2.21. The van der Waals surface area contributed by atoms with Crippen LogP contribution in [0.15, 0.2) is 30.3 Å². The number of ether oxygens (including phenoxy) is 1. The molecule has 1 saturated heterocycles. The van der Waals surface area contributed by atoms with Crippen molar-refractivity contribution in [3.63, 3.8) is 0 Å². The van der Waals surface area contributed by atoms with E-state index in [2.05, 4.69) is 41.5 Å². The van der Waals surface area contributed by atoms with Gasteiger partial charge >= 0.3 is 0 Å². The van der Waals surface area contributed by atoms with Gasteiger partial charge in [-0.3, -0.25) is 4.79 Å². The molecule has 1 aliphatic heterocycles. The van der Waals surface area contributed by atoms with Gasteiger partial charge in [0.15, 0.2) is 0 Å². The van der Waals surface area contributed by atoms with Crippen molar-refractivity contribution in [2.24, 2.45) is 0 Å². The molecule has 0 radical (unpaired) electrons. The Labute approximate surface area is 133 Å². The van der Waals surface area contributed by atoms with Gasteiger partial charge in [-0.25, -0.2) is 0 Å². The van der Waals surface area contributed by atoms with E-state index in [4.69, 9.17) is 4.74 Å². The predicted molar refractivity (Wildman–Crippen MR) is 89.2 cm³/mol. The van der Waals surface area contributed by atoms with Crippen LogP contribution in [-0.2, 0) is 9.53 Å². The molecular weight excluding hydrogens is 278 g/mol. The lowest BCUT2D eigenvalue weighted by atomic mass is 10.0. The van der Waals surface area contributed by atoms with Crippen molar-refractivity contribution in [3.05, 3.63) is 30.3 Å². The Bertz CT molecular complexity index is 444. The topological polar surface area (TPSA) is 44.8 Å². The number of nitrogens with one attached hydrogen (secondary N) is 1. The third-order valence-corrected chi connectivity index (χ3v) is 4.29. The molecule has 1 aromatic rings. The van der Waals surface area contributed by atoms with Gasteiger partial charge in [-0.15, -0.1) is 0 Å². The molecule has 0 aliphatic carbocycles. The summed E-state index contributed by atoms with van der Waals surface area (Å²) in [6.07, 6.45) is 2.05. The van der Waals surface area contributed by atoms with Gasteiger partial charge in [0, 0.05) is 45.5 Å². The van der Waals surface area contributed by atoms with Crippen molar-refractivity contribution in [3.8, 4) is 0 Å². The number of anilines is 1. The van der Waals surface area contributed by atoms with Crippen LogP contribution >= 0.6 is 0 Å². The first-order valence-corrected chi connectivity index (χ1v) is 7.97. The number of nitrogens with zero attached hydrogens (tertiary/aromatic N) is 2. The van der Waals surface area contributed by atoms with E-state index in [1.165, 1.54) is 5.69 Å². The molecule has 0 unspecified atom stereocenters. The van der Waals surface area contributed by atoms with Gasteiger partial charge in [0.05, 0.1) is 13.2 Å². The van der Waals surface area contributed by atoms with E-state index in [0.29, 0.717) is 19.2 Å². The van der Waals surface area contributed by atoms with Gasteiger partial charge in [0.1, 0.15) is 0 Å². The van der Waals surface area contributed by atoms with Crippen molar-refractivity contribution in [1.82, 2.24) is 10.2 Å². The van der Waals surface area contributed by atoms with Crippen molar-refractivity contribution >= 4 is 11.6 Å². The maximum Gasteiger partial charge on any atom is 0.236 e. The number of benzene rings is 1. The molecule has 0 spiro atoms. The van der Waals surface area contributed by atoms with Gasteiger partial charge in [-0.1, -0.05) is 18.2 Å². The Morgan fingerprint density at radius 3 is 2.64 bits per heavy atom. The number of hydrogen-bond donors (Lipinski definition) is 1. The smallest absolute Gasteiger partial charge is 0.236 e. The lowest BCUT2D eigenvalue weighted by molar-refractivity contribution is -0.131. The Balaban J connectivity index is 1.74. The zero-order valence-corrected chi connectivity index (χ0v) is 13.6. The molecule has 1 fully saturated rings. The van der Waals surface area contributed by atoms with Crippen molar-refractivity contribution in [2.75, 3.05) is 51.8 Å². The molecule has 0 bridgehead atoms. The molecular formula is C17H27N3O2. The van der Waals surface area contributed by atoms with E-state index in [1.807, 2.05) is 11.0 Å². The van der Waals surface area contributed by atoms with E-state index in [-0.39, 0.29) is 5.91 Å².